The second-order valence-electron chi connectivity index (χ2n) is 2.93. The van der Waals surface area contributed by atoms with Crippen LogP contribution in [0.15, 0.2) is 30.2 Å². The number of nitrogens with two attached hydrogens (primary N) is 2. The van der Waals surface area contributed by atoms with Crippen molar-refractivity contribution in [3.8, 4) is 0 Å². The minimum absolute atomic E-state index is 0.625. The molecule has 3 heteroatoms. The van der Waals surface area contributed by atoms with Crippen LogP contribution >= 0.6 is 0 Å². The molecule has 13 heavy (non-hydrogen) atoms. The molecule has 1 aromatic heterocycles. The van der Waals surface area contributed by atoms with Gasteiger partial charge in [-0.25, -0.2) is 0 Å². The highest BCUT2D eigenvalue weighted by Crippen LogP contribution is 2.03. The zero-order valence-corrected chi connectivity index (χ0v) is 7.83. The maximum atomic E-state index is 5.57. The van der Waals surface area contributed by atoms with Crippen LogP contribution in [-0.4, -0.2) is 4.98 Å². The molecule has 0 aliphatic carbocycles. The maximum absolute atomic E-state index is 5.57. The zero-order valence-electron chi connectivity index (χ0n) is 7.83. The minimum atomic E-state index is 0.625. The lowest BCUT2D eigenvalue weighted by atomic mass is 10.2. The molecule has 0 unspecified atom stereocenters. The molecule has 70 valence electrons. The Balaban J connectivity index is 2.69. The van der Waals surface area contributed by atoms with Gasteiger partial charge in [0.1, 0.15) is 0 Å². The molecule has 0 radical (unpaired) electrons. The lowest BCUT2D eigenvalue weighted by molar-refractivity contribution is 0.997. The first-order chi connectivity index (χ1) is 6.26. The van der Waals surface area contributed by atoms with Crippen LogP contribution in [-0.2, 0) is 12.8 Å². The number of aromatic nitrogens is 1. The molecule has 1 rings (SSSR count). The average molecular weight is 177 g/mol. The van der Waals surface area contributed by atoms with Crippen LogP contribution in [0.2, 0.25) is 0 Å². The summed E-state index contributed by atoms with van der Waals surface area (Å²) in [5, 5.41) is 0. The Morgan fingerprint density at radius 1 is 1.54 bits per heavy atom. The summed E-state index contributed by atoms with van der Waals surface area (Å²) >= 11 is 0. The maximum Gasteiger partial charge on any atom is 0.0462 e. The van der Waals surface area contributed by atoms with Gasteiger partial charge in [0.25, 0.3) is 0 Å². The fourth-order valence-electron chi connectivity index (χ4n) is 1.04. The van der Waals surface area contributed by atoms with Crippen LogP contribution in [0.4, 0.5) is 0 Å². The van der Waals surface area contributed by atoms with Crippen molar-refractivity contribution in [2.45, 2.75) is 19.8 Å². The van der Waals surface area contributed by atoms with Gasteiger partial charge in [0.15, 0.2) is 0 Å². The smallest absolute Gasteiger partial charge is 0.0462 e. The predicted octanol–water partition coefficient (Wildman–Crippen LogP) is 0.945. The van der Waals surface area contributed by atoms with Crippen molar-refractivity contribution in [3.05, 3.63) is 41.5 Å². The molecule has 0 amide bonds. The molecule has 0 aromatic carbocycles. The van der Waals surface area contributed by atoms with E-state index in [2.05, 4.69) is 18.0 Å². The Labute approximate surface area is 78.5 Å². The molecule has 1 heterocycles. The summed E-state index contributed by atoms with van der Waals surface area (Å²) in [6.45, 7) is 2.10. The average Bonchev–Trinajstić information content (AvgIpc) is 2.19. The molecule has 0 fully saturated rings. The van der Waals surface area contributed by atoms with E-state index < -0.39 is 0 Å². The highest BCUT2D eigenvalue weighted by molar-refractivity contribution is 5.17. The number of aryl methyl sites for hydroxylation is 1. The highest BCUT2D eigenvalue weighted by Gasteiger charge is 1.96. The van der Waals surface area contributed by atoms with Crippen molar-refractivity contribution >= 4 is 0 Å². The van der Waals surface area contributed by atoms with Crippen molar-refractivity contribution in [2.75, 3.05) is 0 Å². The van der Waals surface area contributed by atoms with Crippen LogP contribution in [0.25, 0.3) is 0 Å². The second kappa shape index (κ2) is 4.50. The molecule has 3 nitrogen and oxygen atoms in total. The molecule has 1 aromatic rings. The lowest BCUT2D eigenvalue weighted by Crippen LogP contribution is -2.05. The van der Waals surface area contributed by atoms with Crippen LogP contribution in [0.5, 0.6) is 0 Å². The molecule has 0 spiro atoms. The van der Waals surface area contributed by atoms with Gasteiger partial charge >= 0.3 is 0 Å². The predicted molar refractivity (Wildman–Crippen MR) is 53.8 cm³/mol. The fraction of sp³-hybridized carbons (Fsp3) is 0.300. The van der Waals surface area contributed by atoms with Gasteiger partial charge in [-0.15, -0.1) is 0 Å². The normalized spacial score (nSPS) is 11.6. The Bertz CT molecular complexity index is 288. The van der Waals surface area contributed by atoms with Gasteiger partial charge in [-0.2, -0.15) is 0 Å². The second-order valence-corrected chi connectivity index (χ2v) is 2.93. The van der Waals surface area contributed by atoms with Crippen molar-refractivity contribution in [1.29, 1.82) is 0 Å². The summed E-state index contributed by atoms with van der Waals surface area (Å²) in [7, 11) is 0. The summed E-state index contributed by atoms with van der Waals surface area (Å²) in [5.74, 6) is 0. The van der Waals surface area contributed by atoms with E-state index in [9.17, 15) is 0 Å². The molecular formula is C10H15N3. The van der Waals surface area contributed by atoms with Crippen LogP contribution < -0.4 is 11.5 Å². The van der Waals surface area contributed by atoms with E-state index in [4.69, 9.17) is 11.5 Å². The van der Waals surface area contributed by atoms with Gasteiger partial charge < -0.3 is 11.5 Å². The van der Waals surface area contributed by atoms with Crippen molar-refractivity contribution in [1.82, 2.24) is 4.98 Å². The third-order valence-corrected chi connectivity index (χ3v) is 1.89. The third-order valence-electron chi connectivity index (χ3n) is 1.89. The van der Waals surface area contributed by atoms with Crippen molar-refractivity contribution < 1.29 is 0 Å². The first kappa shape index (κ1) is 9.58. The van der Waals surface area contributed by atoms with E-state index in [-0.39, 0.29) is 0 Å². The van der Waals surface area contributed by atoms with Gasteiger partial charge in [0.2, 0.25) is 0 Å². The van der Waals surface area contributed by atoms with Gasteiger partial charge in [-0.05, 0) is 18.1 Å². The van der Waals surface area contributed by atoms with Crippen molar-refractivity contribution in [3.63, 3.8) is 0 Å². The van der Waals surface area contributed by atoms with Gasteiger partial charge in [-0.3, -0.25) is 4.98 Å². The molecular weight excluding hydrogens is 162 g/mol. The Hall–Kier alpha value is -1.51. The molecule has 0 saturated heterocycles. The third kappa shape index (κ3) is 2.78. The Morgan fingerprint density at radius 3 is 2.77 bits per heavy atom. The summed E-state index contributed by atoms with van der Waals surface area (Å²) < 4.78 is 0. The number of hydrogen-bond acceptors (Lipinski definition) is 3. The number of hydrogen-bond donors (Lipinski definition) is 2. The van der Waals surface area contributed by atoms with Crippen LogP contribution in [0.1, 0.15) is 18.2 Å². The van der Waals surface area contributed by atoms with E-state index in [1.54, 1.807) is 0 Å². The summed E-state index contributed by atoms with van der Waals surface area (Å²) in [6.07, 6.45) is 4.92. The van der Waals surface area contributed by atoms with E-state index in [1.165, 1.54) is 11.8 Å². The molecule has 0 bridgehead atoms. The lowest BCUT2D eigenvalue weighted by Gasteiger charge is -2.01. The van der Waals surface area contributed by atoms with E-state index in [1.807, 2.05) is 12.3 Å². The zero-order chi connectivity index (χ0) is 9.68. The largest absolute Gasteiger partial charge is 0.403 e. The van der Waals surface area contributed by atoms with Gasteiger partial charge in [-0.1, -0.05) is 13.0 Å². The summed E-state index contributed by atoms with van der Waals surface area (Å²) in [6, 6.07) is 4.04. The van der Waals surface area contributed by atoms with E-state index >= 15 is 0 Å². The molecule has 0 aliphatic rings. The van der Waals surface area contributed by atoms with E-state index in [0.29, 0.717) is 12.1 Å². The van der Waals surface area contributed by atoms with Crippen molar-refractivity contribution in [2.24, 2.45) is 11.5 Å². The quantitative estimate of drug-likeness (QED) is 0.722. The number of rotatable bonds is 3. The van der Waals surface area contributed by atoms with Crippen LogP contribution in [0.3, 0.4) is 0 Å². The highest BCUT2D eigenvalue weighted by atomic mass is 14.7. The molecule has 0 aliphatic heterocycles. The number of nitrogens with zero attached hydrogens (tertiary/aromatic N) is 1. The SMILES string of the molecule is CCc1ccc(C/C(N)=C/N)nc1. The molecule has 4 N–H and O–H groups in total. The van der Waals surface area contributed by atoms with E-state index in [0.717, 1.165) is 12.1 Å². The monoisotopic (exact) mass is 177 g/mol. The minimum Gasteiger partial charge on any atom is -0.403 e. The van der Waals surface area contributed by atoms with Gasteiger partial charge in [0.05, 0.1) is 0 Å². The Kier molecular flexibility index (Phi) is 3.31. The molecule has 0 saturated carbocycles. The fourth-order valence-corrected chi connectivity index (χ4v) is 1.04. The molecule has 0 atom stereocenters. The van der Waals surface area contributed by atoms with Gasteiger partial charge in [0, 0.05) is 30.2 Å². The number of allylic oxidation sites excluding steroid dienone is 1. The first-order valence-electron chi connectivity index (χ1n) is 4.36. The topological polar surface area (TPSA) is 64.9 Å². The Morgan fingerprint density at radius 2 is 2.31 bits per heavy atom. The first-order valence-corrected chi connectivity index (χ1v) is 4.36. The standard InChI is InChI=1S/C10H15N3/c1-2-8-3-4-10(13-7-8)5-9(12)6-11/h3-4,6-7H,2,5,11-12H2,1H3/b9-6-. The summed E-state index contributed by atoms with van der Waals surface area (Å²) in [5.41, 5.74) is 13.7. The number of pyridine rings is 1. The van der Waals surface area contributed by atoms with Crippen LogP contribution in [0, 0.1) is 0 Å². The summed E-state index contributed by atoms with van der Waals surface area (Å²) in [4.78, 5) is 4.26.